The van der Waals surface area contributed by atoms with Crippen molar-refractivity contribution in [2.75, 3.05) is 12.0 Å². The van der Waals surface area contributed by atoms with E-state index in [4.69, 9.17) is 9.47 Å². The molecule has 25 heavy (non-hydrogen) atoms. The normalized spacial score (nSPS) is 19.6. The molecule has 0 N–H and O–H groups in total. The fourth-order valence-electron chi connectivity index (χ4n) is 2.80. The first kappa shape index (κ1) is 16.8. The van der Waals surface area contributed by atoms with Gasteiger partial charge < -0.3 is 9.47 Å². The maximum atomic E-state index is 12.5. The number of anilines is 1. The molecule has 0 bridgehead atoms. The molecule has 1 heterocycles. The topological polar surface area (TPSA) is 55.8 Å². The lowest BCUT2D eigenvalue weighted by atomic mass is 9.95. The number of hydrogen-bond acceptors (Lipinski definition) is 4. The number of ether oxygens (including phenoxy) is 2. The van der Waals surface area contributed by atoms with E-state index < -0.39 is 12.1 Å². The fourth-order valence-corrected chi connectivity index (χ4v) is 2.80. The third-order valence-corrected chi connectivity index (χ3v) is 4.00. The second-order valence-electron chi connectivity index (χ2n) is 5.70. The van der Waals surface area contributed by atoms with Gasteiger partial charge in [0.25, 0.3) is 5.91 Å². The Kier molecular flexibility index (Phi) is 4.84. The van der Waals surface area contributed by atoms with Crippen LogP contribution in [0.25, 0.3) is 6.08 Å². The van der Waals surface area contributed by atoms with Crippen molar-refractivity contribution in [2.24, 2.45) is 0 Å². The minimum atomic E-state index is -0.802. The molecule has 1 saturated heterocycles. The van der Waals surface area contributed by atoms with Crippen molar-refractivity contribution in [2.45, 2.75) is 19.1 Å². The molecule has 2 atom stereocenters. The highest BCUT2D eigenvalue weighted by atomic mass is 16.6. The van der Waals surface area contributed by atoms with Gasteiger partial charge in [-0.1, -0.05) is 48.6 Å². The number of amides is 1. The molecule has 0 aromatic heterocycles. The van der Waals surface area contributed by atoms with Gasteiger partial charge in [0.15, 0.2) is 0 Å². The van der Waals surface area contributed by atoms with Crippen molar-refractivity contribution in [3.8, 4) is 5.75 Å². The third kappa shape index (κ3) is 3.55. The van der Waals surface area contributed by atoms with Crippen molar-refractivity contribution >= 4 is 23.6 Å². The van der Waals surface area contributed by atoms with E-state index in [1.165, 1.54) is 6.92 Å². The Morgan fingerprint density at radius 3 is 2.56 bits per heavy atom. The average Bonchev–Trinajstić information content (AvgIpc) is 2.63. The number of carbonyl (C=O) groups is 2. The van der Waals surface area contributed by atoms with Gasteiger partial charge in [-0.3, -0.25) is 14.5 Å². The number of esters is 1. The van der Waals surface area contributed by atoms with Gasteiger partial charge in [-0.15, -0.1) is 0 Å². The Hall–Kier alpha value is -3.08. The molecule has 2 aromatic rings. The predicted octanol–water partition coefficient (Wildman–Crippen LogP) is 3.06. The highest BCUT2D eigenvalue weighted by Crippen LogP contribution is 2.33. The fraction of sp³-hybridized carbons (Fsp3) is 0.200. The summed E-state index contributed by atoms with van der Waals surface area (Å²) in [5.41, 5.74) is 1.71. The van der Waals surface area contributed by atoms with Gasteiger partial charge in [-0.2, -0.15) is 0 Å². The van der Waals surface area contributed by atoms with E-state index >= 15 is 0 Å². The molecular formula is C20H19NO4. The van der Waals surface area contributed by atoms with Crippen molar-refractivity contribution in [1.82, 2.24) is 0 Å². The van der Waals surface area contributed by atoms with Crippen LogP contribution in [0.15, 0.2) is 60.7 Å². The lowest BCUT2D eigenvalue weighted by molar-refractivity contribution is -0.159. The van der Waals surface area contributed by atoms with E-state index in [1.54, 1.807) is 18.1 Å². The number of hydrogen-bond donors (Lipinski definition) is 0. The second kappa shape index (κ2) is 7.21. The second-order valence-corrected chi connectivity index (χ2v) is 5.70. The van der Waals surface area contributed by atoms with Gasteiger partial charge in [0.05, 0.1) is 7.11 Å². The molecule has 0 radical (unpaired) electrons. The molecule has 5 heteroatoms. The molecule has 5 nitrogen and oxygen atoms in total. The first-order valence-corrected chi connectivity index (χ1v) is 7.98. The summed E-state index contributed by atoms with van der Waals surface area (Å²) in [6, 6.07) is 16.6. The average molecular weight is 337 g/mol. The molecule has 1 aliphatic rings. The Morgan fingerprint density at radius 2 is 1.88 bits per heavy atom. The number of nitrogens with zero attached hydrogens (tertiary/aromatic N) is 1. The predicted molar refractivity (Wildman–Crippen MR) is 95.3 cm³/mol. The van der Waals surface area contributed by atoms with Crippen LogP contribution in [0.4, 0.5) is 5.69 Å². The number of methoxy groups -OCH3 is 1. The Labute approximate surface area is 146 Å². The van der Waals surface area contributed by atoms with Crippen LogP contribution in [0.1, 0.15) is 12.5 Å². The molecule has 0 aliphatic carbocycles. The Bertz CT molecular complexity index is 800. The van der Waals surface area contributed by atoms with Crippen LogP contribution in [-0.4, -0.2) is 31.1 Å². The molecule has 0 saturated carbocycles. The summed E-state index contributed by atoms with van der Waals surface area (Å²) >= 11 is 0. The van der Waals surface area contributed by atoms with Gasteiger partial charge >= 0.3 is 5.97 Å². The van der Waals surface area contributed by atoms with E-state index in [2.05, 4.69) is 0 Å². The van der Waals surface area contributed by atoms with Crippen LogP contribution in [0.5, 0.6) is 5.75 Å². The summed E-state index contributed by atoms with van der Waals surface area (Å²) in [6.07, 6.45) is 2.99. The van der Waals surface area contributed by atoms with E-state index in [1.807, 2.05) is 60.7 Å². The summed E-state index contributed by atoms with van der Waals surface area (Å²) < 4.78 is 10.4. The first-order valence-electron chi connectivity index (χ1n) is 7.98. The zero-order valence-corrected chi connectivity index (χ0v) is 14.1. The van der Waals surface area contributed by atoms with Crippen LogP contribution in [-0.2, 0) is 14.3 Å². The molecule has 2 aromatic carbocycles. The molecule has 0 spiro atoms. The van der Waals surface area contributed by atoms with Crippen LogP contribution < -0.4 is 9.64 Å². The maximum absolute atomic E-state index is 12.5. The molecule has 1 fully saturated rings. The standard InChI is InChI=1S/C20H19NO4/c1-14(22)25-19-18(12-11-15-7-4-3-5-8-15)21(20(19)23)16-9-6-10-17(13-16)24-2/h3-13,18-19H,1-2H3/b12-11+/t18-,19+/m1/s1. The summed E-state index contributed by atoms with van der Waals surface area (Å²) in [7, 11) is 1.57. The molecule has 128 valence electrons. The monoisotopic (exact) mass is 337 g/mol. The van der Waals surface area contributed by atoms with E-state index in [0.29, 0.717) is 11.4 Å². The molecule has 1 aliphatic heterocycles. The minimum Gasteiger partial charge on any atom is -0.497 e. The van der Waals surface area contributed by atoms with Gasteiger partial charge in [-0.25, -0.2) is 0 Å². The molecule has 3 rings (SSSR count). The Balaban J connectivity index is 1.88. The third-order valence-electron chi connectivity index (χ3n) is 4.00. The van der Waals surface area contributed by atoms with E-state index in [-0.39, 0.29) is 11.9 Å². The lowest BCUT2D eigenvalue weighted by Gasteiger charge is -2.44. The quantitative estimate of drug-likeness (QED) is 0.621. The Morgan fingerprint density at radius 1 is 1.12 bits per heavy atom. The highest BCUT2D eigenvalue weighted by molar-refractivity contribution is 6.06. The number of rotatable bonds is 5. The van der Waals surface area contributed by atoms with Gasteiger partial charge in [0.2, 0.25) is 6.10 Å². The molecule has 0 unspecified atom stereocenters. The van der Waals surface area contributed by atoms with Gasteiger partial charge in [-0.05, 0) is 17.7 Å². The summed E-state index contributed by atoms with van der Waals surface area (Å²) in [5, 5.41) is 0. The van der Waals surface area contributed by atoms with E-state index in [0.717, 1.165) is 5.56 Å². The van der Waals surface area contributed by atoms with Crippen molar-refractivity contribution in [3.05, 3.63) is 66.2 Å². The van der Waals surface area contributed by atoms with Crippen LogP contribution >= 0.6 is 0 Å². The van der Waals surface area contributed by atoms with Crippen molar-refractivity contribution in [3.63, 3.8) is 0 Å². The maximum Gasteiger partial charge on any atom is 0.303 e. The van der Waals surface area contributed by atoms with Crippen molar-refractivity contribution in [1.29, 1.82) is 0 Å². The smallest absolute Gasteiger partial charge is 0.303 e. The SMILES string of the molecule is COc1cccc(N2C(=O)[C@@H](OC(C)=O)[C@H]2/C=C/c2ccccc2)c1. The zero-order valence-electron chi connectivity index (χ0n) is 14.1. The van der Waals surface area contributed by atoms with Crippen molar-refractivity contribution < 1.29 is 19.1 Å². The largest absolute Gasteiger partial charge is 0.497 e. The van der Waals surface area contributed by atoms with E-state index in [9.17, 15) is 9.59 Å². The number of β-lactam (4-membered cyclic amide) rings is 1. The van der Waals surface area contributed by atoms with Crippen LogP contribution in [0.3, 0.4) is 0 Å². The zero-order chi connectivity index (χ0) is 17.8. The highest BCUT2D eigenvalue weighted by Gasteiger charge is 2.49. The van der Waals surface area contributed by atoms with Crippen LogP contribution in [0.2, 0.25) is 0 Å². The summed E-state index contributed by atoms with van der Waals surface area (Å²) in [6.45, 7) is 1.31. The lowest BCUT2D eigenvalue weighted by Crippen LogP contribution is -2.65. The number of benzene rings is 2. The molecular weight excluding hydrogens is 318 g/mol. The van der Waals surface area contributed by atoms with Gasteiger partial charge in [0, 0.05) is 18.7 Å². The first-order chi connectivity index (χ1) is 12.1. The van der Waals surface area contributed by atoms with Gasteiger partial charge in [0.1, 0.15) is 11.8 Å². The number of carbonyl (C=O) groups excluding carboxylic acids is 2. The summed E-state index contributed by atoms with van der Waals surface area (Å²) in [4.78, 5) is 25.4. The minimum absolute atomic E-state index is 0.244. The molecule has 1 amide bonds. The summed E-state index contributed by atoms with van der Waals surface area (Å²) in [5.74, 6) is -0.0556. The van der Waals surface area contributed by atoms with Crippen LogP contribution in [0, 0.1) is 0 Å².